The van der Waals surface area contributed by atoms with Crippen LogP contribution in [-0.2, 0) is 0 Å². The summed E-state index contributed by atoms with van der Waals surface area (Å²) in [5, 5.41) is 3.39. The minimum absolute atomic E-state index is 0. The summed E-state index contributed by atoms with van der Waals surface area (Å²) in [6.07, 6.45) is 5.07. The van der Waals surface area contributed by atoms with E-state index in [1.165, 1.54) is 25.7 Å². The van der Waals surface area contributed by atoms with Crippen molar-refractivity contribution in [3.8, 4) is 0 Å². The van der Waals surface area contributed by atoms with Crippen molar-refractivity contribution in [2.45, 2.75) is 31.7 Å². The monoisotopic (exact) mass is 412 g/mol. The molecule has 0 bridgehead atoms. The van der Waals surface area contributed by atoms with E-state index >= 15 is 0 Å². The Balaban J connectivity index is 0.00000121. The fraction of sp³-hybridized carbons (Fsp3) is 0.625. The summed E-state index contributed by atoms with van der Waals surface area (Å²) in [5.41, 5.74) is 0.891. The summed E-state index contributed by atoms with van der Waals surface area (Å²) in [5.74, 6) is 0.554. The Morgan fingerprint density at radius 2 is 1.77 bits per heavy atom. The van der Waals surface area contributed by atoms with E-state index in [0.29, 0.717) is 5.92 Å². The minimum atomic E-state index is -0.0604. The van der Waals surface area contributed by atoms with Crippen LogP contribution in [0.1, 0.15) is 37.3 Å². The standard InChI is InChI=1S/C16H22BrFN2.2ClH/c17-13-5-6-14(15(18)11-13)16(12-3-1-2-4-12)20-9-7-19-8-10-20;;/h5-6,11-12,16,19H,1-4,7-10H2;2*1H/t16-;;/m0../s1. The molecule has 1 aliphatic heterocycles. The summed E-state index contributed by atoms with van der Waals surface area (Å²) in [6.45, 7) is 4.08. The molecule has 1 aromatic rings. The van der Waals surface area contributed by atoms with Crippen LogP contribution in [0.3, 0.4) is 0 Å². The lowest BCUT2D eigenvalue weighted by Gasteiger charge is -2.38. The molecule has 0 spiro atoms. The molecule has 0 radical (unpaired) electrons. The van der Waals surface area contributed by atoms with E-state index in [0.717, 1.165) is 36.2 Å². The number of halogens is 4. The van der Waals surface area contributed by atoms with Gasteiger partial charge in [-0.3, -0.25) is 4.90 Å². The third kappa shape index (κ3) is 4.57. The van der Waals surface area contributed by atoms with Gasteiger partial charge in [0.2, 0.25) is 0 Å². The molecule has 3 rings (SSSR count). The molecular weight excluding hydrogens is 390 g/mol. The molecular formula is C16H24BrCl2FN2. The molecule has 0 aromatic heterocycles. The Kier molecular flexibility index (Phi) is 8.65. The predicted molar refractivity (Wildman–Crippen MR) is 97.7 cm³/mol. The number of benzene rings is 1. The Morgan fingerprint density at radius 1 is 1.14 bits per heavy atom. The quantitative estimate of drug-likeness (QED) is 0.780. The molecule has 22 heavy (non-hydrogen) atoms. The summed E-state index contributed by atoms with van der Waals surface area (Å²) in [6, 6.07) is 5.82. The molecule has 6 heteroatoms. The van der Waals surface area contributed by atoms with Crippen molar-refractivity contribution in [1.29, 1.82) is 0 Å². The smallest absolute Gasteiger partial charge is 0.129 e. The maximum Gasteiger partial charge on any atom is 0.129 e. The first-order chi connectivity index (χ1) is 9.75. The van der Waals surface area contributed by atoms with Gasteiger partial charge in [0, 0.05) is 42.3 Å². The van der Waals surface area contributed by atoms with Gasteiger partial charge in [-0.25, -0.2) is 4.39 Å². The van der Waals surface area contributed by atoms with Gasteiger partial charge in [0.15, 0.2) is 0 Å². The number of nitrogens with zero attached hydrogens (tertiary/aromatic N) is 1. The summed E-state index contributed by atoms with van der Waals surface area (Å²) in [7, 11) is 0. The minimum Gasteiger partial charge on any atom is -0.314 e. The van der Waals surface area contributed by atoms with Crippen molar-refractivity contribution in [2.75, 3.05) is 26.2 Å². The zero-order valence-electron chi connectivity index (χ0n) is 12.6. The van der Waals surface area contributed by atoms with E-state index in [2.05, 4.69) is 26.1 Å². The van der Waals surface area contributed by atoms with Crippen LogP contribution in [-0.4, -0.2) is 31.1 Å². The van der Waals surface area contributed by atoms with E-state index in [1.807, 2.05) is 12.1 Å². The Morgan fingerprint density at radius 3 is 2.36 bits per heavy atom. The average Bonchev–Trinajstić information content (AvgIpc) is 2.97. The zero-order valence-corrected chi connectivity index (χ0v) is 15.8. The highest BCUT2D eigenvalue weighted by molar-refractivity contribution is 9.10. The highest BCUT2D eigenvalue weighted by Crippen LogP contribution is 2.40. The van der Waals surface area contributed by atoms with Gasteiger partial charge in [-0.05, 0) is 30.9 Å². The van der Waals surface area contributed by atoms with Gasteiger partial charge in [0.05, 0.1) is 0 Å². The van der Waals surface area contributed by atoms with Crippen molar-refractivity contribution in [1.82, 2.24) is 10.2 Å². The van der Waals surface area contributed by atoms with E-state index in [9.17, 15) is 4.39 Å². The molecule has 1 aliphatic carbocycles. The topological polar surface area (TPSA) is 15.3 Å². The zero-order chi connectivity index (χ0) is 13.9. The van der Waals surface area contributed by atoms with Gasteiger partial charge >= 0.3 is 0 Å². The maximum absolute atomic E-state index is 14.4. The fourth-order valence-electron chi connectivity index (χ4n) is 3.72. The number of piperazine rings is 1. The average molecular weight is 414 g/mol. The van der Waals surface area contributed by atoms with E-state index in [4.69, 9.17) is 0 Å². The summed E-state index contributed by atoms with van der Waals surface area (Å²) < 4.78 is 15.3. The molecule has 2 fully saturated rings. The first kappa shape index (κ1) is 20.2. The van der Waals surface area contributed by atoms with Crippen molar-refractivity contribution < 1.29 is 4.39 Å². The second kappa shape index (κ2) is 9.43. The highest BCUT2D eigenvalue weighted by atomic mass is 79.9. The van der Waals surface area contributed by atoms with Crippen molar-refractivity contribution in [3.05, 3.63) is 34.1 Å². The van der Waals surface area contributed by atoms with Crippen molar-refractivity contribution in [2.24, 2.45) is 5.92 Å². The predicted octanol–water partition coefficient (Wildman–Crippen LogP) is 4.57. The van der Waals surface area contributed by atoms with Gasteiger partial charge in [-0.15, -0.1) is 24.8 Å². The lowest BCUT2D eigenvalue weighted by Crippen LogP contribution is -2.46. The second-order valence-electron chi connectivity index (χ2n) is 5.94. The van der Waals surface area contributed by atoms with Gasteiger partial charge in [-0.2, -0.15) is 0 Å². The Hall–Kier alpha value is 0.130. The van der Waals surface area contributed by atoms with Crippen LogP contribution in [0.25, 0.3) is 0 Å². The number of rotatable bonds is 3. The van der Waals surface area contributed by atoms with Gasteiger partial charge < -0.3 is 5.32 Å². The second-order valence-corrected chi connectivity index (χ2v) is 6.86. The number of hydrogen-bond acceptors (Lipinski definition) is 2. The molecule has 1 saturated heterocycles. The van der Waals surface area contributed by atoms with Crippen LogP contribution in [0, 0.1) is 11.7 Å². The molecule has 126 valence electrons. The molecule has 1 heterocycles. The highest BCUT2D eigenvalue weighted by Gasteiger charge is 2.33. The largest absolute Gasteiger partial charge is 0.314 e. The van der Waals surface area contributed by atoms with E-state index < -0.39 is 0 Å². The third-order valence-electron chi connectivity index (χ3n) is 4.67. The SMILES string of the molecule is Cl.Cl.Fc1cc(Br)ccc1[C@H](C1CCCC1)N1CCNCC1. The van der Waals surface area contributed by atoms with Crippen LogP contribution < -0.4 is 5.32 Å². The summed E-state index contributed by atoms with van der Waals surface area (Å²) in [4.78, 5) is 2.48. The van der Waals surface area contributed by atoms with Crippen LogP contribution in [0.4, 0.5) is 4.39 Å². The van der Waals surface area contributed by atoms with Crippen molar-refractivity contribution >= 4 is 40.7 Å². The molecule has 1 saturated carbocycles. The third-order valence-corrected chi connectivity index (χ3v) is 5.17. The van der Waals surface area contributed by atoms with Gasteiger partial charge in [-0.1, -0.05) is 34.8 Å². The molecule has 1 atom stereocenters. The van der Waals surface area contributed by atoms with Gasteiger partial charge in [0.25, 0.3) is 0 Å². The van der Waals surface area contributed by atoms with Crippen LogP contribution in [0.5, 0.6) is 0 Å². The molecule has 1 aromatic carbocycles. The lowest BCUT2D eigenvalue weighted by atomic mass is 9.89. The Bertz CT molecular complexity index is 463. The Labute approximate surface area is 153 Å². The lowest BCUT2D eigenvalue weighted by molar-refractivity contribution is 0.122. The molecule has 2 nitrogen and oxygen atoms in total. The molecule has 0 amide bonds. The molecule has 2 aliphatic rings. The number of hydrogen-bond donors (Lipinski definition) is 1. The molecule has 1 N–H and O–H groups in total. The van der Waals surface area contributed by atoms with Gasteiger partial charge in [0.1, 0.15) is 5.82 Å². The first-order valence-corrected chi connectivity index (χ1v) is 8.45. The van der Waals surface area contributed by atoms with Crippen LogP contribution in [0.2, 0.25) is 0 Å². The number of nitrogens with one attached hydrogen (secondary N) is 1. The van der Waals surface area contributed by atoms with Crippen LogP contribution in [0.15, 0.2) is 22.7 Å². The van der Waals surface area contributed by atoms with E-state index in [-0.39, 0.29) is 36.7 Å². The van der Waals surface area contributed by atoms with E-state index in [1.54, 1.807) is 6.07 Å². The molecule has 0 unspecified atom stereocenters. The fourth-order valence-corrected chi connectivity index (χ4v) is 4.06. The van der Waals surface area contributed by atoms with Crippen molar-refractivity contribution in [3.63, 3.8) is 0 Å². The first-order valence-electron chi connectivity index (χ1n) is 7.65. The van der Waals surface area contributed by atoms with Crippen LogP contribution >= 0.6 is 40.7 Å². The summed E-state index contributed by atoms with van der Waals surface area (Å²) >= 11 is 3.36. The normalized spacial score (nSPS) is 21.0. The maximum atomic E-state index is 14.4.